The minimum absolute atomic E-state index is 0.976. The Morgan fingerprint density at radius 3 is 2.60 bits per heavy atom. The van der Waals surface area contributed by atoms with E-state index in [0.717, 1.165) is 54.2 Å². The molecule has 0 aliphatic carbocycles. The van der Waals surface area contributed by atoms with E-state index < -0.39 is 0 Å². The van der Waals surface area contributed by atoms with Crippen LogP contribution in [0.1, 0.15) is 0 Å². The second-order valence-electron chi connectivity index (χ2n) is 5.01. The molecule has 0 amide bonds. The second kappa shape index (κ2) is 5.07. The van der Waals surface area contributed by atoms with Crippen molar-refractivity contribution < 1.29 is 0 Å². The van der Waals surface area contributed by atoms with Gasteiger partial charge in [0.2, 0.25) is 0 Å². The Balaban J connectivity index is 1.83. The molecule has 4 nitrogen and oxygen atoms in total. The fourth-order valence-electron chi connectivity index (χ4n) is 2.70. The monoisotopic (exact) mass is 284 g/mol. The van der Waals surface area contributed by atoms with Crippen molar-refractivity contribution in [3.8, 4) is 0 Å². The first-order valence-corrected chi connectivity index (χ1v) is 7.96. The maximum atomic E-state index is 4.92. The molecule has 0 saturated carbocycles. The summed E-state index contributed by atoms with van der Waals surface area (Å²) in [7, 11) is 0. The Kier molecular flexibility index (Phi) is 3.09. The van der Waals surface area contributed by atoms with Crippen LogP contribution in [-0.4, -0.2) is 47.7 Å². The van der Waals surface area contributed by atoms with Gasteiger partial charge in [0, 0.05) is 37.5 Å². The molecule has 0 atom stereocenters. The highest BCUT2D eigenvalue weighted by Gasteiger charge is 2.27. The van der Waals surface area contributed by atoms with E-state index in [9.17, 15) is 0 Å². The molecule has 102 valence electrons. The number of piperazine rings is 1. The SMILES string of the molecule is C1=C2C(=Nc3ccccc3N=C2N2CCNCC2)SC1. The van der Waals surface area contributed by atoms with Gasteiger partial charge in [0.15, 0.2) is 0 Å². The zero-order valence-electron chi connectivity index (χ0n) is 11.2. The molecule has 0 aromatic heterocycles. The third kappa shape index (κ3) is 2.07. The summed E-state index contributed by atoms with van der Waals surface area (Å²) in [5.74, 6) is 2.10. The summed E-state index contributed by atoms with van der Waals surface area (Å²) in [6.07, 6.45) is 2.26. The maximum Gasteiger partial charge on any atom is 0.139 e. The lowest BCUT2D eigenvalue weighted by atomic mass is 10.2. The average molecular weight is 284 g/mol. The molecule has 3 heterocycles. The number of fused-ring (bicyclic) bond motifs is 2. The van der Waals surface area contributed by atoms with Gasteiger partial charge in [-0.2, -0.15) is 0 Å². The van der Waals surface area contributed by atoms with Gasteiger partial charge in [-0.15, -0.1) is 11.8 Å². The van der Waals surface area contributed by atoms with Crippen LogP contribution >= 0.6 is 11.8 Å². The van der Waals surface area contributed by atoms with Crippen LogP contribution in [0.2, 0.25) is 0 Å². The van der Waals surface area contributed by atoms with Crippen LogP contribution in [-0.2, 0) is 0 Å². The lowest BCUT2D eigenvalue weighted by molar-refractivity contribution is 0.358. The van der Waals surface area contributed by atoms with Crippen molar-refractivity contribution in [2.75, 3.05) is 31.9 Å². The number of nitrogens with zero attached hydrogens (tertiary/aromatic N) is 3. The number of hydrogen-bond acceptors (Lipinski definition) is 5. The number of rotatable bonds is 0. The van der Waals surface area contributed by atoms with Gasteiger partial charge in [0.1, 0.15) is 10.9 Å². The number of hydrogen-bond donors (Lipinski definition) is 1. The van der Waals surface area contributed by atoms with E-state index in [-0.39, 0.29) is 0 Å². The van der Waals surface area contributed by atoms with E-state index in [1.807, 2.05) is 24.3 Å². The quantitative estimate of drug-likeness (QED) is 0.795. The van der Waals surface area contributed by atoms with Crippen molar-refractivity contribution in [1.29, 1.82) is 0 Å². The molecule has 1 aromatic rings. The van der Waals surface area contributed by atoms with E-state index in [2.05, 4.69) is 16.3 Å². The van der Waals surface area contributed by atoms with Crippen LogP contribution < -0.4 is 5.32 Å². The highest BCUT2D eigenvalue weighted by molar-refractivity contribution is 8.15. The Morgan fingerprint density at radius 1 is 1.05 bits per heavy atom. The fraction of sp³-hybridized carbons (Fsp3) is 0.333. The summed E-state index contributed by atoms with van der Waals surface area (Å²) in [6.45, 7) is 4.06. The molecule has 3 aliphatic rings. The number of thioether (sulfide) groups is 1. The van der Waals surface area contributed by atoms with Gasteiger partial charge in [0.05, 0.1) is 11.4 Å². The highest BCUT2D eigenvalue weighted by atomic mass is 32.2. The third-order valence-corrected chi connectivity index (χ3v) is 4.64. The highest BCUT2D eigenvalue weighted by Crippen LogP contribution is 2.36. The number of benzene rings is 1. The molecule has 20 heavy (non-hydrogen) atoms. The van der Waals surface area contributed by atoms with Gasteiger partial charge < -0.3 is 10.2 Å². The van der Waals surface area contributed by atoms with E-state index in [0.29, 0.717) is 0 Å². The van der Waals surface area contributed by atoms with E-state index in [1.54, 1.807) is 11.8 Å². The molecule has 0 unspecified atom stereocenters. The molecular weight excluding hydrogens is 268 g/mol. The fourth-order valence-corrected chi connectivity index (χ4v) is 3.60. The Morgan fingerprint density at radius 2 is 1.80 bits per heavy atom. The van der Waals surface area contributed by atoms with Crippen LogP contribution in [0.4, 0.5) is 11.4 Å². The summed E-state index contributed by atoms with van der Waals surface area (Å²) in [5, 5.41) is 4.51. The van der Waals surface area contributed by atoms with Gasteiger partial charge in [-0.1, -0.05) is 18.2 Å². The largest absolute Gasteiger partial charge is 0.353 e. The smallest absolute Gasteiger partial charge is 0.139 e. The number of nitrogens with one attached hydrogen (secondary N) is 1. The Labute approximate surface area is 122 Å². The molecule has 1 saturated heterocycles. The topological polar surface area (TPSA) is 40.0 Å². The average Bonchev–Trinajstić information content (AvgIpc) is 2.89. The molecule has 0 spiro atoms. The first kappa shape index (κ1) is 12.2. The van der Waals surface area contributed by atoms with Crippen molar-refractivity contribution in [2.24, 2.45) is 9.98 Å². The van der Waals surface area contributed by atoms with Crippen molar-refractivity contribution in [2.45, 2.75) is 0 Å². The van der Waals surface area contributed by atoms with Crippen molar-refractivity contribution in [3.05, 3.63) is 35.9 Å². The molecule has 1 N–H and O–H groups in total. The molecule has 1 fully saturated rings. The third-order valence-electron chi connectivity index (χ3n) is 3.73. The van der Waals surface area contributed by atoms with Gasteiger partial charge in [-0.3, -0.25) is 0 Å². The lowest BCUT2D eigenvalue weighted by Crippen LogP contribution is -2.47. The van der Waals surface area contributed by atoms with E-state index in [4.69, 9.17) is 9.98 Å². The first-order chi connectivity index (χ1) is 9.92. The minimum Gasteiger partial charge on any atom is -0.353 e. The molecule has 5 heteroatoms. The molecule has 0 bridgehead atoms. The molecule has 1 aromatic carbocycles. The zero-order valence-corrected chi connectivity index (χ0v) is 12.0. The van der Waals surface area contributed by atoms with Crippen molar-refractivity contribution in [3.63, 3.8) is 0 Å². The number of para-hydroxylation sites is 2. The zero-order chi connectivity index (χ0) is 13.4. The van der Waals surface area contributed by atoms with E-state index in [1.165, 1.54) is 5.57 Å². The normalized spacial score (nSPS) is 21.4. The molecule has 0 radical (unpaired) electrons. The van der Waals surface area contributed by atoms with Crippen LogP contribution in [0.25, 0.3) is 0 Å². The number of amidine groups is 1. The predicted molar refractivity (Wildman–Crippen MR) is 85.6 cm³/mol. The first-order valence-electron chi connectivity index (χ1n) is 6.97. The summed E-state index contributed by atoms with van der Waals surface area (Å²) < 4.78 is 0. The molecule has 3 aliphatic heterocycles. The van der Waals surface area contributed by atoms with Gasteiger partial charge in [-0.25, -0.2) is 9.98 Å². The lowest BCUT2D eigenvalue weighted by Gasteiger charge is -2.30. The Hall–Kier alpha value is -1.59. The maximum absolute atomic E-state index is 4.92. The van der Waals surface area contributed by atoms with E-state index >= 15 is 0 Å². The van der Waals surface area contributed by atoms with Crippen LogP contribution in [0.5, 0.6) is 0 Å². The summed E-state index contributed by atoms with van der Waals surface area (Å²) >= 11 is 1.81. The van der Waals surface area contributed by atoms with Crippen molar-refractivity contribution in [1.82, 2.24) is 10.2 Å². The Bertz CT molecular complexity index is 627. The van der Waals surface area contributed by atoms with Gasteiger partial charge in [0.25, 0.3) is 0 Å². The van der Waals surface area contributed by atoms with Crippen molar-refractivity contribution >= 4 is 34.0 Å². The summed E-state index contributed by atoms with van der Waals surface area (Å²) in [4.78, 5) is 12.1. The second-order valence-corrected chi connectivity index (χ2v) is 6.02. The summed E-state index contributed by atoms with van der Waals surface area (Å²) in [6, 6.07) is 8.15. The van der Waals surface area contributed by atoms with Crippen LogP contribution in [0.3, 0.4) is 0 Å². The van der Waals surface area contributed by atoms with Crippen LogP contribution in [0, 0.1) is 0 Å². The standard InChI is InChI=1S/C15H16N4S/c1-2-4-13-12(3-1)17-14(19-8-6-16-7-9-19)11-5-10-20-15(11)18-13/h1-5,16H,6-10H2. The molecule has 4 rings (SSSR count). The number of aliphatic imine (C=N–C) groups is 2. The van der Waals surface area contributed by atoms with Gasteiger partial charge >= 0.3 is 0 Å². The molecular formula is C15H16N4S. The summed E-state index contributed by atoms with van der Waals surface area (Å²) in [5.41, 5.74) is 3.17. The predicted octanol–water partition coefficient (Wildman–Crippen LogP) is 2.34. The minimum atomic E-state index is 0.976. The van der Waals surface area contributed by atoms with Gasteiger partial charge in [-0.05, 0) is 12.1 Å². The van der Waals surface area contributed by atoms with Crippen LogP contribution in [0.15, 0.2) is 45.9 Å².